The van der Waals surface area contributed by atoms with Crippen molar-refractivity contribution in [1.29, 1.82) is 0 Å². The fraction of sp³-hybridized carbons (Fsp3) is 0.318. The number of benzene rings is 2. The zero-order chi connectivity index (χ0) is 20.4. The average Bonchev–Trinajstić information content (AvgIpc) is 2.72. The molecule has 0 aromatic heterocycles. The van der Waals surface area contributed by atoms with E-state index in [9.17, 15) is 14.4 Å². The van der Waals surface area contributed by atoms with Gasteiger partial charge in [0, 0.05) is 18.5 Å². The van der Waals surface area contributed by atoms with E-state index < -0.39 is 18.0 Å². The molecule has 0 saturated heterocycles. The van der Waals surface area contributed by atoms with Crippen LogP contribution in [0.1, 0.15) is 36.2 Å². The molecule has 0 heterocycles. The minimum Gasteiger partial charge on any atom is -0.354 e. The molecule has 6 nitrogen and oxygen atoms in total. The van der Waals surface area contributed by atoms with Crippen molar-refractivity contribution in [3.8, 4) is 0 Å². The van der Waals surface area contributed by atoms with Gasteiger partial charge in [-0.25, -0.2) is 0 Å². The lowest BCUT2D eigenvalue weighted by molar-refractivity contribution is -0.129. The third-order valence-corrected chi connectivity index (χ3v) is 4.24. The van der Waals surface area contributed by atoms with E-state index in [1.54, 1.807) is 31.2 Å². The Morgan fingerprint density at radius 1 is 0.857 bits per heavy atom. The predicted molar refractivity (Wildman–Crippen MR) is 109 cm³/mol. The van der Waals surface area contributed by atoms with Crippen molar-refractivity contribution >= 4 is 17.7 Å². The van der Waals surface area contributed by atoms with Crippen molar-refractivity contribution in [2.75, 3.05) is 6.54 Å². The second-order valence-corrected chi connectivity index (χ2v) is 6.60. The predicted octanol–water partition coefficient (Wildman–Crippen LogP) is 2.06. The van der Waals surface area contributed by atoms with Gasteiger partial charge in [0.05, 0.1) is 0 Å². The summed E-state index contributed by atoms with van der Waals surface area (Å²) >= 11 is 0. The van der Waals surface area contributed by atoms with E-state index in [4.69, 9.17) is 0 Å². The molecule has 2 aromatic carbocycles. The smallest absolute Gasteiger partial charge is 0.251 e. The summed E-state index contributed by atoms with van der Waals surface area (Å²) in [6.45, 7) is 4.14. The Balaban J connectivity index is 2.09. The molecule has 0 fully saturated rings. The molecule has 2 atom stereocenters. The third kappa shape index (κ3) is 6.54. The molecule has 3 N–H and O–H groups in total. The van der Waals surface area contributed by atoms with Crippen LogP contribution in [0.4, 0.5) is 0 Å². The topological polar surface area (TPSA) is 87.3 Å². The van der Waals surface area contributed by atoms with E-state index in [2.05, 4.69) is 16.0 Å². The first-order chi connectivity index (χ1) is 13.5. The first-order valence-electron chi connectivity index (χ1n) is 9.49. The first-order valence-corrected chi connectivity index (χ1v) is 9.49. The SMILES string of the molecule is CCCNC(=O)[C@H](C)NC(=O)[C@@H](Cc1ccccc1)NC(=O)c1ccccc1. The van der Waals surface area contributed by atoms with Crippen molar-refractivity contribution < 1.29 is 14.4 Å². The fourth-order valence-corrected chi connectivity index (χ4v) is 2.67. The molecule has 3 amide bonds. The summed E-state index contributed by atoms with van der Waals surface area (Å²) in [5.74, 6) is -0.977. The number of hydrogen-bond acceptors (Lipinski definition) is 3. The van der Waals surface area contributed by atoms with Crippen molar-refractivity contribution in [2.24, 2.45) is 0 Å². The second kappa shape index (κ2) is 10.9. The van der Waals surface area contributed by atoms with Gasteiger partial charge < -0.3 is 16.0 Å². The molecular formula is C22H27N3O3. The molecule has 0 unspecified atom stereocenters. The molecule has 0 radical (unpaired) electrons. The zero-order valence-electron chi connectivity index (χ0n) is 16.3. The van der Waals surface area contributed by atoms with Gasteiger partial charge in [-0.2, -0.15) is 0 Å². The number of carbonyl (C=O) groups excluding carboxylic acids is 3. The van der Waals surface area contributed by atoms with Crippen LogP contribution in [0.15, 0.2) is 60.7 Å². The molecule has 2 aromatic rings. The highest BCUT2D eigenvalue weighted by Crippen LogP contribution is 2.06. The van der Waals surface area contributed by atoms with Crippen LogP contribution in [0.5, 0.6) is 0 Å². The standard InChI is InChI=1S/C22H27N3O3/c1-3-14-23-20(26)16(2)24-22(28)19(15-17-10-6-4-7-11-17)25-21(27)18-12-8-5-9-13-18/h4-13,16,19H,3,14-15H2,1-2H3,(H,23,26)(H,24,28)(H,25,27)/t16-,19+/m0/s1. The molecule has 6 heteroatoms. The Morgan fingerprint density at radius 2 is 1.46 bits per heavy atom. The van der Waals surface area contributed by atoms with Crippen LogP contribution < -0.4 is 16.0 Å². The molecule has 148 valence electrons. The lowest BCUT2D eigenvalue weighted by Crippen LogP contribution is -2.53. The van der Waals surface area contributed by atoms with Gasteiger partial charge in [-0.3, -0.25) is 14.4 Å². The lowest BCUT2D eigenvalue weighted by Gasteiger charge is -2.21. The Hall–Kier alpha value is -3.15. The van der Waals surface area contributed by atoms with Crippen LogP contribution in [-0.2, 0) is 16.0 Å². The zero-order valence-corrected chi connectivity index (χ0v) is 16.3. The highest BCUT2D eigenvalue weighted by molar-refractivity contribution is 5.98. The lowest BCUT2D eigenvalue weighted by atomic mass is 10.0. The average molecular weight is 381 g/mol. The molecule has 0 aliphatic rings. The van der Waals surface area contributed by atoms with Gasteiger partial charge in [0.25, 0.3) is 5.91 Å². The Kier molecular flexibility index (Phi) is 8.21. The summed E-state index contributed by atoms with van der Waals surface area (Å²) in [5.41, 5.74) is 1.39. The molecule has 28 heavy (non-hydrogen) atoms. The molecule has 0 saturated carbocycles. The largest absolute Gasteiger partial charge is 0.354 e. The van der Waals surface area contributed by atoms with Gasteiger partial charge in [0.1, 0.15) is 12.1 Å². The Bertz CT molecular complexity index is 778. The van der Waals surface area contributed by atoms with Crippen LogP contribution in [0.2, 0.25) is 0 Å². The number of hydrogen-bond donors (Lipinski definition) is 3. The maximum absolute atomic E-state index is 12.8. The highest BCUT2D eigenvalue weighted by Gasteiger charge is 2.25. The molecular weight excluding hydrogens is 354 g/mol. The molecule has 0 spiro atoms. The van der Waals surface area contributed by atoms with Crippen molar-refractivity contribution in [3.05, 3.63) is 71.8 Å². The third-order valence-electron chi connectivity index (χ3n) is 4.24. The minimum atomic E-state index is -0.795. The van der Waals surface area contributed by atoms with Crippen molar-refractivity contribution in [1.82, 2.24) is 16.0 Å². The quantitative estimate of drug-likeness (QED) is 0.621. The van der Waals surface area contributed by atoms with E-state index in [1.165, 1.54) is 0 Å². The summed E-state index contributed by atoms with van der Waals surface area (Å²) < 4.78 is 0. The van der Waals surface area contributed by atoms with Gasteiger partial charge >= 0.3 is 0 Å². The number of nitrogens with one attached hydrogen (secondary N) is 3. The normalized spacial score (nSPS) is 12.5. The monoisotopic (exact) mass is 381 g/mol. The van der Waals surface area contributed by atoms with Crippen molar-refractivity contribution in [2.45, 2.75) is 38.8 Å². The number of carbonyl (C=O) groups is 3. The summed E-state index contributed by atoms with van der Waals surface area (Å²) in [6.07, 6.45) is 1.14. The molecule has 0 bridgehead atoms. The summed E-state index contributed by atoms with van der Waals surface area (Å²) in [4.78, 5) is 37.4. The number of amides is 3. The van der Waals surface area contributed by atoms with Gasteiger partial charge in [-0.15, -0.1) is 0 Å². The van der Waals surface area contributed by atoms with E-state index in [-0.39, 0.29) is 11.8 Å². The minimum absolute atomic E-state index is 0.247. The highest BCUT2D eigenvalue weighted by atomic mass is 16.2. The molecule has 2 rings (SSSR count). The van der Waals surface area contributed by atoms with Crippen LogP contribution >= 0.6 is 0 Å². The van der Waals surface area contributed by atoms with Crippen LogP contribution in [-0.4, -0.2) is 36.3 Å². The maximum atomic E-state index is 12.8. The summed E-state index contributed by atoms with van der Waals surface area (Å²) in [7, 11) is 0. The van der Waals surface area contributed by atoms with Crippen LogP contribution in [0.3, 0.4) is 0 Å². The maximum Gasteiger partial charge on any atom is 0.251 e. The van der Waals surface area contributed by atoms with E-state index in [1.807, 2.05) is 43.3 Å². The fourth-order valence-electron chi connectivity index (χ4n) is 2.67. The molecule has 0 aliphatic carbocycles. The van der Waals surface area contributed by atoms with Crippen LogP contribution in [0.25, 0.3) is 0 Å². The second-order valence-electron chi connectivity index (χ2n) is 6.60. The summed E-state index contributed by atoms with van der Waals surface area (Å²) in [6, 6.07) is 16.7. The Labute approximate surface area is 165 Å². The first kappa shape index (κ1) is 21.2. The molecule has 0 aliphatic heterocycles. The van der Waals surface area contributed by atoms with Gasteiger partial charge in [0.15, 0.2) is 0 Å². The van der Waals surface area contributed by atoms with Gasteiger partial charge in [0.2, 0.25) is 11.8 Å². The van der Waals surface area contributed by atoms with Crippen molar-refractivity contribution in [3.63, 3.8) is 0 Å². The summed E-state index contributed by atoms with van der Waals surface area (Å²) in [5, 5.41) is 8.24. The van der Waals surface area contributed by atoms with E-state index in [0.717, 1.165) is 12.0 Å². The number of rotatable bonds is 9. The Morgan fingerprint density at radius 3 is 2.07 bits per heavy atom. The van der Waals surface area contributed by atoms with E-state index in [0.29, 0.717) is 18.5 Å². The van der Waals surface area contributed by atoms with Crippen LogP contribution in [0, 0.1) is 0 Å². The van der Waals surface area contributed by atoms with E-state index >= 15 is 0 Å². The van der Waals surface area contributed by atoms with Gasteiger partial charge in [-0.1, -0.05) is 55.5 Å². The van der Waals surface area contributed by atoms with Gasteiger partial charge in [-0.05, 0) is 31.0 Å².